The van der Waals surface area contributed by atoms with E-state index in [1.54, 1.807) is 0 Å². The molecule has 0 aromatic heterocycles. The van der Waals surface area contributed by atoms with Crippen LogP contribution in [0.15, 0.2) is 0 Å². The Morgan fingerprint density at radius 2 is 2.00 bits per heavy atom. The number of ether oxygens (including phenoxy) is 1. The van der Waals surface area contributed by atoms with Crippen molar-refractivity contribution < 1.29 is 9.57 Å². The first kappa shape index (κ1) is 7.98. The van der Waals surface area contributed by atoms with Crippen molar-refractivity contribution in [3.05, 3.63) is 0 Å². The Kier molecular flexibility index (Phi) is 1.75. The van der Waals surface area contributed by atoms with Crippen molar-refractivity contribution in [2.24, 2.45) is 11.3 Å². The minimum Gasteiger partial charge on any atom is -0.380 e. The number of nitrogens with two attached hydrogens (primary N) is 1. The van der Waals surface area contributed by atoms with E-state index in [-0.39, 0.29) is 11.0 Å². The zero-order chi connectivity index (χ0) is 7.83. The first-order valence-corrected chi connectivity index (χ1v) is 3.47. The maximum Gasteiger partial charge on any atom is 0.0935 e. The van der Waals surface area contributed by atoms with E-state index in [4.69, 9.17) is 15.5 Å². The van der Waals surface area contributed by atoms with Gasteiger partial charge in [0.25, 0.3) is 0 Å². The molecule has 2 N–H and O–H groups in total. The maximum atomic E-state index is 5.15. The predicted octanol–water partition coefficient (Wildman–Crippen LogP) is 0.692. The highest BCUT2D eigenvalue weighted by Crippen LogP contribution is 2.39. The summed E-state index contributed by atoms with van der Waals surface area (Å²) in [6.45, 7) is 7.57. The molecule has 0 aromatic carbocycles. The molecule has 0 amide bonds. The highest BCUT2D eigenvalue weighted by Gasteiger charge is 2.48. The summed E-state index contributed by atoms with van der Waals surface area (Å²) in [4.78, 5) is 4.86. The van der Waals surface area contributed by atoms with Crippen molar-refractivity contribution in [3.63, 3.8) is 0 Å². The summed E-state index contributed by atoms with van der Waals surface area (Å²) in [6.07, 6.45) is 0. The SMILES string of the molecule is CC1(C(C)(C)ON)COC1. The second-order valence-corrected chi connectivity index (χ2v) is 3.68. The summed E-state index contributed by atoms with van der Waals surface area (Å²) in [6, 6.07) is 0. The first-order chi connectivity index (χ1) is 4.52. The molecule has 0 spiro atoms. The highest BCUT2D eigenvalue weighted by molar-refractivity contribution is 4.95. The second-order valence-electron chi connectivity index (χ2n) is 3.68. The predicted molar refractivity (Wildman–Crippen MR) is 38.3 cm³/mol. The van der Waals surface area contributed by atoms with E-state index in [9.17, 15) is 0 Å². The summed E-state index contributed by atoms with van der Waals surface area (Å²) in [5, 5.41) is 0. The Balaban J connectivity index is 2.61. The largest absolute Gasteiger partial charge is 0.380 e. The topological polar surface area (TPSA) is 44.5 Å². The highest BCUT2D eigenvalue weighted by atomic mass is 16.6. The molecule has 0 atom stereocenters. The number of rotatable bonds is 2. The monoisotopic (exact) mass is 145 g/mol. The molecule has 0 radical (unpaired) electrons. The molecule has 0 aliphatic carbocycles. The van der Waals surface area contributed by atoms with Crippen molar-refractivity contribution >= 4 is 0 Å². The molecule has 1 aliphatic rings. The van der Waals surface area contributed by atoms with Crippen molar-refractivity contribution in [2.45, 2.75) is 26.4 Å². The molecule has 60 valence electrons. The fourth-order valence-electron chi connectivity index (χ4n) is 0.898. The molecule has 1 saturated heterocycles. The number of hydrogen-bond acceptors (Lipinski definition) is 3. The van der Waals surface area contributed by atoms with E-state index >= 15 is 0 Å². The summed E-state index contributed by atoms with van der Waals surface area (Å²) in [7, 11) is 0. The van der Waals surface area contributed by atoms with E-state index in [2.05, 4.69) is 6.92 Å². The molecular formula is C7H15NO2. The Labute approximate surface area is 61.4 Å². The van der Waals surface area contributed by atoms with Crippen LogP contribution in [-0.2, 0) is 9.57 Å². The van der Waals surface area contributed by atoms with Crippen LogP contribution in [0.4, 0.5) is 0 Å². The van der Waals surface area contributed by atoms with Crippen molar-refractivity contribution in [1.29, 1.82) is 0 Å². The quantitative estimate of drug-likeness (QED) is 0.581. The zero-order valence-electron chi connectivity index (χ0n) is 6.81. The van der Waals surface area contributed by atoms with Gasteiger partial charge in [0.1, 0.15) is 0 Å². The third kappa shape index (κ3) is 0.944. The van der Waals surface area contributed by atoms with Crippen LogP contribution >= 0.6 is 0 Å². The van der Waals surface area contributed by atoms with Crippen LogP contribution in [0.3, 0.4) is 0 Å². The van der Waals surface area contributed by atoms with Crippen molar-refractivity contribution in [1.82, 2.24) is 0 Å². The summed E-state index contributed by atoms with van der Waals surface area (Å²) < 4.78 is 5.09. The molecule has 0 bridgehead atoms. The number of hydrogen-bond donors (Lipinski definition) is 1. The normalized spacial score (nSPS) is 24.0. The molecule has 1 rings (SSSR count). The van der Waals surface area contributed by atoms with Crippen LogP contribution in [0.5, 0.6) is 0 Å². The van der Waals surface area contributed by atoms with Crippen molar-refractivity contribution in [3.8, 4) is 0 Å². The molecule has 3 nitrogen and oxygen atoms in total. The summed E-state index contributed by atoms with van der Waals surface area (Å²) in [5.74, 6) is 5.15. The van der Waals surface area contributed by atoms with Gasteiger partial charge in [-0.25, -0.2) is 5.90 Å². The van der Waals surface area contributed by atoms with Gasteiger partial charge in [-0.3, -0.25) is 4.84 Å². The zero-order valence-corrected chi connectivity index (χ0v) is 6.81. The van der Waals surface area contributed by atoms with E-state index < -0.39 is 0 Å². The molecule has 1 fully saturated rings. The smallest absolute Gasteiger partial charge is 0.0935 e. The van der Waals surface area contributed by atoms with Gasteiger partial charge in [-0.1, -0.05) is 6.92 Å². The lowest BCUT2D eigenvalue weighted by molar-refractivity contribution is -0.220. The van der Waals surface area contributed by atoms with Crippen LogP contribution in [-0.4, -0.2) is 18.8 Å². The fourth-order valence-corrected chi connectivity index (χ4v) is 0.898. The van der Waals surface area contributed by atoms with Gasteiger partial charge >= 0.3 is 0 Å². The van der Waals surface area contributed by atoms with E-state index in [1.807, 2.05) is 13.8 Å². The van der Waals surface area contributed by atoms with E-state index in [1.165, 1.54) is 0 Å². The Morgan fingerprint density at radius 3 is 2.10 bits per heavy atom. The van der Waals surface area contributed by atoms with Gasteiger partial charge in [-0.15, -0.1) is 0 Å². The van der Waals surface area contributed by atoms with Crippen LogP contribution in [0, 0.1) is 5.41 Å². The molecule has 10 heavy (non-hydrogen) atoms. The van der Waals surface area contributed by atoms with Crippen LogP contribution in [0.25, 0.3) is 0 Å². The summed E-state index contributed by atoms with van der Waals surface area (Å²) in [5.41, 5.74) is -0.174. The van der Waals surface area contributed by atoms with Gasteiger partial charge in [0.05, 0.1) is 18.8 Å². The van der Waals surface area contributed by atoms with Crippen LogP contribution in [0.1, 0.15) is 20.8 Å². The van der Waals surface area contributed by atoms with Gasteiger partial charge in [-0.05, 0) is 13.8 Å². The second kappa shape index (κ2) is 2.19. The van der Waals surface area contributed by atoms with Gasteiger partial charge in [0.2, 0.25) is 0 Å². The molecule has 3 heteroatoms. The van der Waals surface area contributed by atoms with E-state index in [0.29, 0.717) is 0 Å². The minimum absolute atomic E-state index is 0.0990. The third-order valence-corrected chi connectivity index (χ3v) is 2.59. The summed E-state index contributed by atoms with van der Waals surface area (Å²) >= 11 is 0. The molecular weight excluding hydrogens is 130 g/mol. The minimum atomic E-state index is -0.273. The molecule has 0 saturated carbocycles. The molecule has 0 aromatic rings. The fraction of sp³-hybridized carbons (Fsp3) is 1.00. The Morgan fingerprint density at radius 1 is 1.50 bits per heavy atom. The van der Waals surface area contributed by atoms with Gasteiger partial charge in [0, 0.05) is 5.41 Å². The average molecular weight is 145 g/mol. The molecule has 1 aliphatic heterocycles. The maximum absolute atomic E-state index is 5.15. The van der Waals surface area contributed by atoms with Gasteiger partial charge < -0.3 is 4.74 Å². The van der Waals surface area contributed by atoms with E-state index in [0.717, 1.165) is 13.2 Å². The molecule has 1 heterocycles. The van der Waals surface area contributed by atoms with Gasteiger partial charge in [-0.2, -0.15) is 0 Å². The van der Waals surface area contributed by atoms with Crippen LogP contribution in [0.2, 0.25) is 0 Å². The van der Waals surface area contributed by atoms with Crippen LogP contribution < -0.4 is 5.90 Å². The average Bonchev–Trinajstić information content (AvgIpc) is 1.82. The Hall–Kier alpha value is -0.120. The van der Waals surface area contributed by atoms with Crippen molar-refractivity contribution in [2.75, 3.05) is 13.2 Å². The lowest BCUT2D eigenvalue weighted by Crippen LogP contribution is -2.57. The Bertz CT molecular complexity index is 120. The molecule has 0 unspecified atom stereocenters. The van der Waals surface area contributed by atoms with Gasteiger partial charge in [0.15, 0.2) is 0 Å². The standard InChI is InChI=1S/C7H15NO2/c1-6(2,10-8)7(3)4-9-5-7/h4-5,8H2,1-3H3. The lowest BCUT2D eigenvalue weighted by atomic mass is 9.74. The third-order valence-electron chi connectivity index (χ3n) is 2.59. The lowest BCUT2D eigenvalue weighted by Gasteiger charge is -2.48. The first-order valence-electron chi connectivity index (χ1n) is 3.47.